The Bertz CT molecular complexity index is 366. The minimum atomic E-state index is -0.776. The number of allylic oxidation sites excluding steroid dienone is 2. The lowest BCUT2D eigenvalue weighted by Crippen LogP contribution is -1.99. The van der Waals surface area contributed by atoms with Crippen molar-refractivity contribution >= 4 is 5.97 Å². The van der Waals surface area contributed by atoms with Gasteiger partial charge in [0.15, 0.2) is 0 Å². The summed E-state index contributed by atoms with van der Waals surface area (Å²) in [6.07, 6.45) is 16.3. The molecule has 0 aliphatic carbocycles. The molecular weight excluding hydrogens is 306 g/mol. The van der Waals surface area contributed by atoms with Gasteiger partial charge in [-0.2, -0.15) is 0 Å². The number of nitrogens with zero attached hydrogens (tertiary/aromatic N) is 1. The van der Waals surface area contributed by atoms with E-state index < -0.39 is 5.97 Å². The molecule has 0 bridgehead atoms. The number of carbonyl (C=O) groups is 1. The zero-order chi connectivity index (χ0) is 18.0. The molecule has 0 aromatic heterocycles. The van der Waals surface area contributed by atoms with Crippen molar-refractivity contribution in [2.24, 2.45) is 0 Å². The second kappa shape index (κ2) is 16.5. The van der Waals surface area contributed by atoms with Crippen molar-refractivity contribution in [2.75, 3.05) is 0 Å². The highest BCUT2D eigenvalue weighted by Crippen LogP contribution is 2.15. The van der Waals surface area contributed by atoms with Gasteiger partial charge >= 0.3 is 5.97 Å². The Morgan fingerprint density at radius 2 is 1.38 bits per heavy atom. The summed E-state index contributed by atoms with van der Waals surface area (Å²) < 4.78 is 0. The predicted octanol–water partition coefficient (Wildman–Crippen LogP) is 6.10. The summed E-state index contributed by atoms with van der Waals surface area (Å²) in [5.41, 5.74) is 0.330. The molecule has 5 heteroatoms. The van der Waals surface area contributed by atoms with Crippen LogP contribution in [0.25, 0.3) is 0 Å². The summed E-state index contributed by atoms with van der Waals surface area (Å²) in [7, 11) is 0. The lowest BCUT2D eigenvalue weighted by atomic mass is 10.1. The van der Waals surface area contributed by atoms with E-state index in [2.05, 4.69) is 6.92 Å². The summed E-state index contributed by atoms with van der Waals surface area (Å²) in [5, 5.41) is 19.6. The van der Waals surface area contributed by atoms with Gasteiger partial charge < -0.3 is 5.11 Å². The maximum Gasteiger partial charge on any atom is 0.303 e. The van der Waals surface area contributed by atoms with Gasteiger partial charge in [0.05, 0.1) is 4.92 Å². The van der Waals surface area contributed by atoms with Crippen molar-refractivity contribution in [1.82, 2.24) is 0 Å². The molecule has 0 saturated heterocycles. The van der Waals surface area contributed by atoms with Crippen LogP contribution >= 0.6 is 0 Å². The molecule has 5 nitrogen and oxygen atoms in total. The van der Waals surface area contributed by atoms with Gasteiger partial charge in [0.25, 0.3) is 0 Å². The van der Waals surface area contributed by atoms with Crippen molar-refractivity contribution in [3.05, 3.63) is 21.9 Å². The quantitative estimate of drug-likeness (QED) is 0.197. The molecule has 1 N–H and O–H groups in total. The molecule has 0 aliphatic heterocycles. The van der Waals surface area contributed by atoms with Crippen LogP contribution in [0.2, 0.25) is 0 Å². The van der Waals surface area contributed by atoms with Crippen LogP contribution in [0.1, 0.15) is 103 Å². The summed E-state index contributed by atoms with van der Waals surface area (Å²) in [6, 6.07) is 0. The van der Waals surface area contributed by atoms with Crippen LogP contribution in [-0.2, 0) is 4.79 Å². The van der Waals surface area contributed by atoms with Gasteiger partial charge in [-0.1, -0.05) is 64.7 Å². The third-order valence-electron chi connectivity index (χ3n) is 4.25. The predicted molar refractivity (Wildman–Crippen MR) is 97.6 cm³/mol. The van der Waals surface area contributed by atoms with Crippen LogP contribution < -0.4 is 0 Å². The SMILES string of the molecule is CCCCCCCCCCC/C(=C\CCCCCC(=O)O)[N+](=O)[O-]. The van der Waals surface area contributed by atoms with Gasteiger partial charge in [-0.25, -0.2) is 0 Å². The Labute approximate surface area is 146 Å². The highest BCUT2D eigenvalue weighted by Gasteiger charge is 2.09. The molecule has 0 aromatic rings. The van der Waals surface area contributed by atoms with Crippen molar-refractivity contribution < 1.29 is 14.8 Å². The molecule has 0 radical (unpaired) electrons. The number of unbranched alkanes of at least 4 members (excludes halogenated alkanes) is 11. The summed E-state index contributed by atoms with van der Waals surface area (Å²) in [5.74, 6) is -0.776. The lowest BCUT2D eigenvalue weighted by Gasteiger charge is -2.02. The van der Waals surface area contributed by atoms with Crippen LogP contribution in [0.5, 0.6) is 0 Å². The maximum absolute atomic E-state index is 11.0. The largest absolute Gasteiger partial charge is 0.481 e. The number of carboxylic acids is 1. The van der Waals surface area contributed by atoms with Crippen molar-refractivity contribution in [2.45, 2.75) is 103 Å². The van der Waals surface area contributed by atoms with E-state index in [4.69, 9.17) is 5.11 Å². The summed E-state index contributed by atoms with van der Waals surface area (Å²) >= 11 is 0. The third kappa shape index (κ3) is 15.5. The molecule has 0 atom stereocenters. The molecule has 0 rings (SSSR count). The highest BCUT2D eigenvalue weighted by molar-refractivity contribution is 5.66. The van der Waals surface area contributed by atoms with Gasteiger partial charge in [0, 0.05) is 12.8 Å². The number of rotatable bonds is 17. The minimum absolute atomic E-state index is 0.185. The summed E-state index contributed by atoms with van der Waals surface area (Å²) in [6.45, 7) is 2.22. The molecule has 0 amide bonds. The topological polar surface area (TPSA) is 80.4 Å². The van der Waals surface area contributed by atoms with E-state index in [1.807, 2.05) is 0 Å². The number of nitro groups is 1. The number of aliphatic carboxylic acids is 1. The Hall–Kier alpha value is -1.39. The fourth-order valence-corrected chi connectivity index (χ4v) is 2.75. The maximum atomic E-state index is 11.0. The second-order valence-corrected chi connectivity index (χ2v) is 6.52. The van der Waals surface area contributed by atoms with Crippen LogP contribution in [-0.4, -0.2) is 16.0 Å². The lowest BCUT2D eigenvalue weighted by molar-refractivity contribution is -0.428. The van der Waals surface area contributed by atoms with Crippen LogP contribution in [0.4, 0.5) is 0 Å². The Morgan fingerprint density at radius 1 is 0.875 bits per heavy atom. The van der Waals surface area contributed by atoms with Gasteiger partial charge in [-0.3, -0.25) is 14.9 Å². The standard InChI is InChI=1S/C19H35NO4/c1-2-3-4-5-6-7-8-9-12-15-18(20(23)24)16-13-10-11-14-17-19(21)22/h16H,2-15,17H2,1H3,(H,21,22)/b18-16+. The van der Waals surface area contributed by atoms with Crippen LogP contribution in [0, 0.1) is 10.1 Å². The van der Waals surface area contributed by atoms with Gasteiger partial charge in [-0.15, -0.1) is 0 Å². The Morgan fingerprint density at radius 3 is 1.92 bits per heavy atom. The average Bonchev–Trinajstić information content (AvgIpc) is 2.53. The zero-order valence-corrected chi connectivity index (χ0v) is 15.3. The normalized spacial score (nSPS) is 11.6. The van der Waals surface area contributed by atoms with E-state index in [-0.39, 0.29) is 11.3 Å². The van der Waals surface area contributed by atoms with Gasteiger partial charge in [0.2, 0.25) is 5.70 Å². The molecule has 0 unspecified atom stereocenters. The molecule has 0 aliphatic rings. The first-order chi connectivity index (χ1) is 11.6. The molecule has 0 spiro atoms. The van der Waals surface area contributed by atoms with Crippen LogP contribution in [0.15, 0.2) is 11.8 Å². The van der Waals surface area contributed by atoms with E-state index in [0.29, 0.717) is 25.0 Å². The van der Waals surface area contributed by atoms with E-state index in [1.165, 1.54) is 44.9 Å². The molecule has 0 heterocycles. The highest BCUT2D eigenvalue weighted by atomic mass is 16.6. The Balaban J connectivity index is 3.67. The van der Waals surface area contributed by atoms with E-state index in [9.17, 15) is 14.9 Å². The van der Waals surface area contributed by atoms with Gasteiger partial charge in [0.1, 0.15) is 0 Å². The number of hydrogen-bond acceptors (Lipinski definition) is 3. The van der Waals surface area contributed by atoms with Crippen molar-refractivity contribution in [3.8, 4) is 0 Å². The van der Waals surface area contributed by atoms with Crippen LogP contribution in [0.3, 0.4) is 0 Å². The summed E-state index contributed by atoms with van der Waals surface area (Å²) in [4.78, 5) is 21.2. The zero-order valence-electron chi connectivity index (χ0n) is 15.3. The molecule has 140 valence electrons. The average molecular weight is 341 g/mol. The first-order valence-electron chi connectivity index (χ1n) is 9.63. The molecule has 0 fully saturated rings. The van der Waals surface area contributed by atoms with Gasteiger partial charge in [-0.05, 0) is 31.8 Å². The molecular formula is C19H35NO4. The van der Waals surface area contributed by atoms with E-state index in [1.54, 1.807) is 6.08 Å². The number of hydrogen-bond donors (Lipinski definition) is 1. The Kier molecular flexibility index (Phi) is 15.5. The van der Waals surface area contributed by atoms with Crippen molar-refractivity contribution in [3.63, 3.8) is 0 Å². The van der Waals surface area contributed by atoms with E-state index in [0.717, 1.165) is 25.7 Å². The monoisotopic (exact) mass is 341 g/mol. The molecule has 0 aromatic carbocycles. The first kappa shape index (κ1) is 22.6. The minimum Gasteiger partial charge on any atom is -0.481 e. The third-order valence-corrected chi connectivity index (χ3v) is 4.25. The number of carboxylic acid groups (broad SMARTS) is 1. The smallest absolute Gasteiger partial charge is 0.303 e. The molecule has 0 saturated carbocycles. The van der Waals surface area contributed by atoms with E-state index >= 15 is 0 Å². The first-order valence-corrected chi connectivity index (χ1v) is 9.63. The van der Waals surface area contributed by atoms with Crippen molar-refractivity contribution in [1.29, 1.82) is 0 Å². The fourth-order valence-electron chi connectivity index (χ4n) is 2.75. The fraction of sp³-hybridized carbons (Fsp3) is 0.842. The molecule has 24 heavy (non-hydrogen) atoms. The second-order valence-electron chi connectivity index (χ2n) is 6.52.